The second kappa shape index (κ2) is 5.76. The summed E-state index contributed by atoms with van der Waals surface area (Å²) in [5.41, 5.74) is 0.268. The van der Waals surface area contributed by atoms with Crippen molar-refractivity contribution < 1.29 is 4.92 Å². The number of nitro benzene ring substituents is 1. The predicted octanol–water partition coefficient (Wildman–Crippen LogP) is 3.83. The van der Waals surface area contributed by atoms with Gasteiger partial charge in [-0.3, -0.25) is 10.1 Å². The summed E-state index contributed by atoms with van der Waals surface area (Å²) in [6.45, 7) is 3.87. The van der Waals surface area contributed by atoms with Gasteiger partial charge in [-0.15, -0.1) is 21.8 Å². The number of nitro groups is 1. The zero-order chi connectivity index (χ0) is 14.9. The van der Waals surface area contributed by atoms with Crippen LogP contribution in [0.3, 0.4) is 0 Å². The van der Waals surface area contributed by atoms with E-state index in [-0.39, 0.29) is 17.6 Å². The molecule has 0 atom stereocenters. The highest BCUT2D eigenvalue weighted by molar-refractivity contribution is 6.30. The van der Waals surface area contributed by atoms with Crippen LogP contribution in [-0.2, 0) is 5.88 Å². The van der Waals surface area contributed by atoms with Crippen molar-refractivity contribution in [3.8, 4) is 11.4 Å². The number of nitrogens with zero attached hydrogens (tertiary/aromatic N) is 4. The highest BCUT2D eigenvalue weighted by Crippen LogP contribution is 2.33. The molecule has 2 rings (SSSR count). The minimum atomic E-state index is -0.485. The molecule has 106 valence electrons. The van der Waals surface area contributed by atoms with Crippen molar-refractivity contribution in [3.63, 3.8) is 0 Å². The van der Waals surface area contributed by atoms with Crippen LogP contribution in [-0.4, -0.2) is 19.7 Å². The molecule has 0 radical (unpaired) electrons. The molecule has 0 aliphatic carbocycles. The summed E-state index contributed by atoms with van der Waals surface area (Å²) in [7, 11) is 0. The Balaban J connectivity index is 2.69. The maximum Gasteiger partial charge on any atom is 0.281 e. The van der Waals surface area contributed by atoms with Crippen LogP contribution in [0.5, 0.6) is 0 Å². The first-order chi connectivity index (χ1) is 9.45. The van der Waals surface area contributed by atoms with Crippen LogP contribution in [0.4, 0.5) is 5.69 Å². The second-order valence-electron chi connectivity index (χ2n) is 4.46. The molecule has 0 spiro atoms. The standard InChI is InChI=1S/C12H12Cl2N4O2/c1-7(2)17-11(6-13)15-16-12(17)9-4-3-8(14)5-10(9)18(19)20/h3-5,7H,6H2,1-2H3. The monoisotopic (exact) mass is 314 g/mol. The molecule has 0 aliphatic heterocycles. The fourth-order valence-corrected chi connectivity index (χ4v) is 2.33. The van der Waals surface area contributed by atoms with Gasteiger partial charge in [-0.05, 0) is 26.0 Å². The van der Waals surface area contributed by atoms with Crippen LogP contribution in [0.25, 0.3) is 11.4 Å². The topological polar surface area (TPSA) is 73.8 Å². The van der Waals surface area contributed by atoms with Gasteiger partial charge in [0.1, 0.15) is 5.82 Å². The molecule has 1 aromatic heterocycles. The lowest BCUT2D eigenvalue weighted by atomic mass is 10.1. The molecule has 20 heavy (non-hydrogen) atoms. The van der Waals surface area contributed by atoms with Gasteiger partial charge in [0, 0.05) is 17.1 Å². The van der Waals surface area contributed by atoms with Crippen LogP contribution in [0.2, 0.25) is 5.02 Å². The Hall–Kier alpha value is -1.66. The number of rotatable bonds is 4. The molecule has 6 nitrogen and oxygen atoms in total. The SMILES string of the molecule is CC(C)n1c(CCl)nnc1-c1ccc(Cl)cc1[N+](=O)[O-]. The molecular weight excluding hydrogens is 303 g/mol. The molecule has 0 aliphatic rings. The summed E-state index contributed by atoms with van der Waals surface area (Å²) in [5, 5.41) is 19.5. The van der Waals surface area contributed by atoms with Gasteiger partial charge in [0.25, 0.3) is 5.69 Å². The lowest BCUT2D eigenvalue weighted by Gasteiger charge is -2.13. The summed E-state index contributed by atoms with van der Waals surface area (Å²) in [5.74, 6) is 1.17. The number of halogens is 2. The van der Waals surface area contributed by atoms with Gasteiger partial charge in [0.15, 0.2) is 5.82 Å². The van der Waals surface area contributed by atoms with E-state index >= 15 is 0 Å². The van der Waals surface area contributed by atoms with E-state index in [4.69, 9.17) is 23.2 Å². The first kappa shape index (κ1) is 14.7. The molecule has 0 unspecified atom stereocenters. The van der Waals surface area contributed by atoms with Gasteiger partial charge in [0.05, 0.1) is 16.4 Å². The number of hydrogen-bond donors (Lipinski definition) is 0. The number of aromatic nitrogens is 3. The molecule has 0 N–H and O–H groups in total. The van der Waals surface area contributed by atoms with E-state index < -0.39 is 4.92 Å². The summed E-state index contributed by atoms with van der Waals surface area (Å²) >= 11 is 11.6. The fourth-order valence-electron chi connectivity index (χ4n) is 1.99. The van der Waals surface area contributed by atoms with Crippen molar-refractivity contribution in [2.45, 2.75) is 25.8 Å². The van der Waals surface area contributed by atoms with Crippen LogP contribution in [0, 0.1) is 10.1 Å². The van der Waals surface area contributed by atoms with E-state index in [1.807, 2.05) is 13.8 Å². The fraction of sp³-hybridized carbons (Fsp3) is 0.333. The summed E-state index contributed by atoms with van der Waals surface area (Å²) in [6, 6.07) is 4.49. The normalized spacial score (nSPS) is 11.1. The first-order valence-electron chi connectivity index (χ1n) is 5.89. The third-order valence-corrected chi connectivity index (χ3v) is 3.27. The van der Waals surface area contributed by atoms with Crippen LogP contribution < -0.4 is 0 Å². The van der Waals surface area contributed by atoms with Crippen molar-refractivity contribution in [1.29, 1.82) is 0 Å². The van der Waals surface area contributed by atoms with E-state index in [9.17, 15) is 10.1 Å². The molecule has 2 aromatic rings. The van der Waals surface area contributed by atoms with Gasteiger partial charge in [-0.1, -0.05) is 11.6 Å². The van der Waals surface area contributed by atoms with Crippen molar-refractivity contribution in [2.24, 2.45) is 0 Å². The Labute approximate surface area is 125 Å². The van der Waals surface area contributed by atoms with Gasteiger partial charge in [0.2, 0.25) is 0 Å². The lowest BCUT2D eigenvalue weighted by molar-refractivity contribution is -0.384. The molecule has 0 bridgehead atoms. The Morgan fingerprint density at radius 2 is 2.10 bits per heavy atom. The quantitative estimate of drug-likeness (QED) is 0.488. The highest BCUT2D eigenvalue weighted by Gasteiger charge is 2.23. The molecule has 1 heterocycles. The molecule has 8 heteroatoms. The third-order valence-electron chi connectivity index (χ3n) is 2.80. The molecule has 0 saturated heterocycles. The Bertz CT molecular complexity index is 655. The van der Waals surface area contributed by atoms with Gasteiger partial charge in [-0.25, -0.2) is 0 Å². The molecule has 1 aromatic carbocycles. The van der Waals surface area contributed by atoms with E-state index in [2.05, 4.69) is 10.2 Å². The highest BCUT2D eigenvalue weighted by atomic mass is 35.5. The van der Waals surface area contributed by atoms with E-state index in [0.717, 1.165) is 0 Å². The smallest absolute Gasteiger partial charge is 0.281 e. The van der Waals surface area contributed by atoms with E-state index in [1.54, 1.807) is 16.7 Å². The van der Waals surface area contributed by atoms with Crippen LogP contribution in [0.1, 0.15) is 25.7 Å². The Morgan fingerprint density at radius 1 is 1.40 bits per heavy atom. The predicted molar refractivity (Wildman–Crippen MR) is 77.1 cm³/mol. The third kappa shape index (κ3) is 2.62. The maximum absolute atomic E-state index is 11.2. The van der Waals surface area contributed by atoms with Gasteiger partial charge < -0.3 is 4.57 Å². The number of alkyl halides is 1. The molecule has 0 saturated carbocycles. The lowest BCUT2D eigenvalue weighted by Crippen LogP contribution is -2.07. The summed E-state index contributed by atoms with van der Waals surface area (Å²) < 4.78 is 1.78. The zero-order valence-electron chi connectivity index (χ0n) is 10.9. The minimum Gasteiger partial charge on any atom is -0.307 e. The minimum absolute atomic E-state index is 0.0315. The molecule has 0 fully saturated rings. The zero-order valence-corrected chi connectivity index (χ0v) is 12.4. The molecule has 0 amide bonds. The number of benzene rings is 1. The van der Waals surface area contributed by atoms with Crippen LogP contribution in [0.15, 0.2) is 18.2 Å². The Kier molecular flexibility index (Phi) is 4.25. The van der Waals surface area contributed by atoms with E-state index in [0.29, 0.717) is 22.2 Å². The van der Waals surface area contributed by atoms with Gasteiger partial charge >= 0.3 is 0 Å². The van der Waals surface area contributed by atoms with Crippen molar-refractivity contribution in [2.75, 3.05) is 0 Å². The first-order valence-corrected chi connectivity index (χ1v) is 6.81. The Morgan fingerprint density at radius 3 is 2.65 bits per heavy atom. The molecular formula is C12H12Cl2N4O2. The second-order valence-corrected chi connectivity index (χ2v) is 5.16. The average Bonchev–Trinajstić information content (AvgIpc) is 2.82. The largest absolute Gasteiger partial charge is 0.307 e. The van der Waals surface area contributed by atoms with Gasteiger partial charge in [-0.2, -0.15) is 0 Å². The summed E-state index contributed by atoms with van der Waals surface area (Å²) in [4.78, 5) is 10.7. The van der Waals surface area contributed by atoms with Crippen molar-refractivity contribution >= 4 is 28.9 Å². The maximum atomic E-state index is 11.2. The van der Waals surface area contributed by atoms with Crippen LogP contribution >= 0.6 is 23.2 Å². The number of hydrogen-bond acceptors (Lipinski definition) is 4. The van der Waals surface area contributed by atoms with Crippen molar-refractivity contribution in [1.82, 2.24) is 14.8 Å². The van der Waals surface area contributed by atoms with Crippen molar-refractivity contribution in [3.05, 3.63) is 39.2 Å². The average molecular weight is 315 g/mol. The summed E-state index contributed by atoms with van der Waals surface area (Å²) in [6.07, 6.45) is 0. The van der Waals surface area contributed by atoms with E-state index in [1.165, 1.54) is 6.07 Å².